The van der Waals surface area contributed by atoms with Crippen LogP contribution in [0, 0.1) is 0 Å². The minimum absolute atomic E-state index is 0. The van der Waals surface area contributed by atoms with E-state index in [0.29, 0.717) is 11.1 Å². The largest absolute Gasteiger partial charge is 3.00 e. The quantitative estimate of drug-likeness (QED) is 0.163. The molecule has 8 nitrogen and oxygen atoms in total. The zero-order valence-electron chi connectivity index (χ0n) is 14.6. The van der Waals surface area contributed by atoms with E-state index in [9.17, 15) is 20.1 Å². The predicted octanol–water partition coefficient (Wildman–Crippen LogP) is -0.691. The summed E-state index contributed by atoms with van der Waals surface area (Å²) < 4.78 is 0. The fourth-order valence-electron chi connectivity index (χ4n) is 1.56. The van der Waals surface area contributed by atoms with Crippen molar-refractivity contribution in [2.24, 2.45) is 10.2 Å². The number of hydrogen-bond donors (Lipinski definition) is 0. The Balaban J connectivity index is 0. The molecule has 0 bridgehead atoms. The minimum Gasteiger partial charge on any atom is -0.876 e. The van der Waals surface area contributed by atoms with Gasteiger partial charge in [-0.1, -0.05) is 43.0 Å². The summed E-state index contributed by atoms with van der Waals surface area (Å²) in [6.07, 6.45) is 5.28. The summed E-state index contributed by atoms with van der Waals surface area (Å²) in [5, 5.41) is 39.9. The summed E-state index contributed by atoms with van der Waals surface area (Å²) in [4.78, 5) is 13.8. The van der Waals surface area contributed by atoms with Crippen molar-refractivity contribution >= 4 is 17.9 Å². The van der Waals surface area contributed by atoms with E-state index >= 15 is 0 Å². The van der Waals surface area contributed by atoms with E-state index in [0.717, 1.165) is 6.08 Å². The number of nitrogens with zero attached hydrogens (tertiary/aromatic N) is 3. The summed E-state index contributed by atoms with van der Waals surface area (Å²) in [6, 6.07) is 9.61. The van der Waals surface area contributed by atoms with Crippen LogP contribution >= 0.6 is 0 Å². The molecule has 1 aromatic carbocycles. The molecule has 27 heavy (non-hydrogen) atoms. The number of allylic oxidation sites excluding steroid dienone is 2. The summed E-state index contributed by atoms with van der Waals surface area (Å²) in [5.41, 5.74) is 0.741. The van der Waals surface area contributed by atoms with Crippen LogP contribution in [0.5, 0.6) is 5.75 Å². The zero-order chi connectivity index (χ0) is 18.7. The van der Waals surface area contributed by atoms with Crippen molar-refractivity contribution < 1.29 is 42.7 Å². The molecule has 1 heterocycles. The van der Waals surface area contributed by atoms with Crippen LogP contribution in [0.1, 0.15) is 25.0 Å². The van der Waals surface area contributed by atoms with Gasteiger partial charge in [0.25, 0.3) is 0 Å². The average molecular weight is 411 g/mol. The third-order valence-electron chi connectivity index (χ3n) is 2.58. The van der Waals surface area contributed by atoms with Crippen LogP contribution in [0.2, 0.25) is 0 Å². The summed E-state index contributed by atoms with van der Waals surface area (Å²) >= 11 is 0. The molecule has 0 atom stereocenters. The molecule has 2 rings (SSSR count). The molecule has 0 radical (unpaired) electrons. The normalized spacial score (nSPS) is 10.9. The van der Waals surface area contributed by atoms with Crippen molar-refractivity contribution in [3.8, 4) is 5.75 Å². The van der Waals surface area contributed by atoms with Crippen LogP contribution in [0.4, 0.5) is 0 Å². The average Bonchev–Trinajstić information content (AvgIpc) is 2.56. The number of ketones is 1. The van der Waals surface area contributed by atoms with E-state index in [1.54, 1.807) is 36.5 Å². The Labute approximate surface area is 167 Å². The maximum Gasteiger partial charge on any atom is 3.00 e. The first-order valence-corrected chi connectivity index (χ1v) is 7.20. The number of hydrogen-bond acceptors (Lipinski definition) is 7. The van der Waals surface area contributed by atoms with Crippen LogP contribution in [-0.2, 0) is 21.9 Å². The second kappa shape index (κ2) is 14.2. The fraction of sp³-hybridized carbons (Fsp3) is 0.111. The van der Waals surface area contributed by atoms with Crippen LogP contribution < -0.4 is 15.3 Å². The van der Waals surface area contributed by atoms with Gasteiger partial charge in [0.15, 0.2) is 5.78 Å². The molecule has 0 aliphatic carbocycles. The van der Waals surface area contributed by atoms with Gasteiger partial charge in [0, 0.05) is 23.9 Å². The SMILES string of the molecule is CC(=O)/C=C(/C)[O-].O.[Mn+3].[O-]/C(=N\N=C\c1ccccc1[O-])c1cccnc1. The topological polar surface area (TPSA) is 155 Å². The van der Waals surface area contributed by atoms with Crippen LogP contribution in [0.15, 0.2) is 70.8 Å². The summed E-state index contributed by atoms with van der Waals surface area (Å²) in [5.74, 6) is -1.03. The molecule has 0 fully saturated rings. The molecular formula is C18H18MnN3O5. The van der Waals surface area contributed by atoms with E-state index in [-0.39, 0.29) is 39.8 Å². The van der Waals surface area contributed by atoms with Crippen molar-refractivity contribution in [3.63, 3.8) is 0 Å². The summed E-state index contributed by atoms with van der Waals surface area (Å²) in [6.45, 7) is 2.70. The van der Waals surface area contributed by atoms with Crippen LogP contribution in [0.25, 0.3) is 0 Å². The van der Waals surface area contributed by atoms with Crippen LogP contribution in [0.3, 0.4) is 0 Å². The van der Waals surface area contributed by atoms with E-state index in [1.807, 2.05) is 0 Å². The first kappa shape index (κ1) is 26.2. The van der Waals surface area contributed by atoms with Gasteiger partial charge < -0.3 is 20.8 Å². The minimum atomic E-state index is -0.497. The predicted molar refractivity (Wildman–Crippen MR) is 92.3 cm³/mol. The van der Waals surface area contributed by atoms with Gasteiger partial charge >= 0.3 is 17.1 Å². The van der Waals surface area contributed by atoms with Gasteiger partial charge in [-0.25, -0.2) is 0 Å². The second-order valence-electron chi connectivity index (χ2n) is 4.79. The van der Waals surface area contributed by atoms with E-state index in [2.05, 4.69) is 15.2 Å². The standard InChI is InChI=1S/C13H11N3O2.C5H8O2.Mn.H2O/c17-12-6-2-1-4-10(12)9-15-16-13(18)11-5-3-7-14-8-11;1-4(6)3-5(2)7;;/h1-9,17H,(H,16,18);3,6H,1-2H3;;1H2/q;;+3;/p-3/b15-9+;4-3-;;. The van der Waals surface area contributed by atoms with Crippen molar-refractivity contribution in [1.82, 2.24) is 4.98 Å². The van der Waals surface area contributed by atoms with Crippen molar-refractivity contribution in [1.29, 1.82) is 0 Å². The first-order valence-electron chi connectivity index (χ1n) is 7.20. The van der Waals surface area contributed by atoms with Gasteiger partial charge in [0.1, 0.15) is 0 Å². The number of rotatable bonds is 4. The van der Waals surface area contributed by atoms with Crippen LogP contribution in [-0.4, -0.2) is 28.4 Å². The van der Waals surface area contributed by atoms with Crippen molar-refractivity contribution in [3.05, 3.63) is 71.8 Å². The number of pyridine rings is 1. The molecule has 2 aromatic rings. The van der Waals surface area contributed by atoms with Gasteiger partial charge in [-0.15, -0.1) is 5.76 Å². The Bertz CT molecular complexity index is 789. The smallest absolute Gasteiger partial charge is 0.876 e. The van der Waals surface area contributed by atoms with Gasteiger partial charge in [-0.2, -0.15) is 10.2 Å². The molecule has 9 heteroatoms. The Hall–Kier alpha value is -3.00. The Kier molecular flexibility index (Phi) is 13.8. The third kappa shape index (κ3) is 11.3. The molecule has 0 saturated carbocycles. The fourth-order valence-corrected chi connectivity index (χ4v) is 1.56. The van der Waals surface area contributed by atoms with E-state index in [4.69, 9.17) is 0 Å². The van der Waals surface area contributed by atoms with Gasteiger partial charge in [-0.3, -0.25) is 9.78 Å². The molecule has 0 unspecified atom stereocenters. The van der Waals surface area contributed by atoms with Gasteiger partial charge in [-0.05, 0) is 24.6 Å². The molecule has 0 aliphatic rings. The van der Waals surface area contributed by atoms with Crippen molar-refractivity contribution in [2.45, 2.75) is 13.8 Å². The number of aromatic nitrogens is 1. The van der Waals surface area contributed by atoms with E-state index in [1.165, 1.54) is 32.3 Å². The zero-order valence-corrected chi connectivity index (χ0v) is 15.8. The molecule has 0 aliphatic heterocycles. The molecule has 1 aromatic heterocycles. The molecule has 0 spiro atoms. The molecular weight excluding hydrogens is 393 g/mol. The molecule has 0 amide bonds. The molecule has 2 N–H and O–H groups in total. The number of carbonyl (C=O) groups is 1. The Morgan fingerprint density at radius 2 is 1.78 bits per heavy atom. The monoisotopic (exact) mass is 411 g/mol. The number of carbonyl (C=O) groups excluding carboxylic acids is 1. The first-order chi connectivity index (χ1) is 11.9. The van der Waals surface area contributed by atoms with E-state index < -0.39 is 5.90 Å². The number of para-hydroxylation sites is 1. The Morgan fingerprint density at radius 1 is 1.11 bits per heavy atom. The maximum atomic E-state index is 11.5. The molecule has 0 saturated heterocycles. The maximum absolute atomic E-state index is 11.5. The second-order valence-corrected chi connectivity index (χ2v) is 4.79. The number of benzene rings is 1. The van der Waals surface area contributed by atoms with Gasteiger partial charge in [0.2, 0.25) is 0 Å². The summed E-state index contributed by atoms with van der Waals surface area (Å²) in [7, 11) is 0. The molecule has 142 valence electrons. The third-order valence-corrected chi connectivity index (χ3v) is 2.58. The van der Waals surface area contributed by atoms with Crippen molar-refractivity contribution in [2.75, 3.05) is 0 Å². The Morgan fingerprint density at radius 3 is 2.26 bits per heavy atom. The van der Waals surface area contributed by atoms with Gasteiger partial charge in [0.05, 0.1) is 6.21 Å².